The zero-order valence-corrected chi connectivity index (χ0v) is 10.1. The van der Waals surface area contributed by atoms with E-state index < -0.39 is 5.72 Å². The number of rotatable bonds is 1. The lowest BCUT2D eigenvalue weighted by atomic mass is 9.95. The number of fused-ring (bicyclic) bond motifs is 1. The number of hydrogen-bond donors (Lipinski definition) is 2. The summed E-state index contributed by atoms with van der Waals surface area (Å²) in [5, 5.41) is 13.9. The van der Waals surface area contributed by atoms with Crippen LogP contribution in [0.25, 0.3) is 0 Å². The molecule has 0 spiro atoms. The molecule has 0 aliphatic carbocycles. The Hall–Kier alpha value is -1.84. The Morgan fingerprint density at radius 2 is 1.72 bits per heavy atom. The van der Waals surface area contributed by atoms with Crippen LogP contribution in [0.3, 0.4) is 0 Å². The summed E-state index contributed by atoms with van der Waals surface area (Å²) >= 11 is 5.82. The summed E-state index contributed by atoms with van der Waals surface area (Å²) in [5.41, 5.74) is 0.176. The van der Waals surface area contributed by atoms with Gasteiger partial charge in [-0.3, -0.25) is 4.79 Å². The summed E-state index contributed by atoms with van der Waals surface area (Å²) in [4.78, 5) is 11.8. The highest BCUT2D eigenvalue weighted by Gasteiger charge is 2.42. The molecule has 1 amide bonds. The van der Waals surface area contributed by atoms with Crippen LogP contribution in [0, 0.1) is 0 Å². The zero-order chi connectivity index (χ0) is 12.8. The first-order valence-electron chi connectivity index (χ1n) is 5.52. The fourth-order valence-corrected chi connectivity index (χ4v) is 2.34. The molecule has 0 aromatic heterocycles. The van der Waals surface area contributed by atoms with Crippen molar-refractivity contribution in [3.8, 4) is 0 Å². The van der Waals surface area contributed by atoms with Gasteiger partial charge in [-0.1, -0.05) is 41.9 Å². The highest BCUT2D eigenvalue weighted by molar-refractivity contribution is 6.30. The number of carbonyl (C=O) groups excluding carboxylic acids is 1. The van der Waals surface area contributed by atoms with Crippen molar-refractivity contribution in [1.29, 1.82) is 0 Å². The fraction of sp³-hybridized carbons (Fsp3) is 0.0714. The molecule has 90 valence electrons. The second kappa shape index (κ2) is 3.83. The Kier molecular flexibility index (Phi) is 2.40. The van der Waals surface area contributed by atoms with Crippen molar-refractivity contribution in [3.05, 3.63) is 70.2 Å². The van der Waals surface area contributed by atoms with Crippen LogP contribution >= 0.6 is 11.6 Å². The van der Waals surface area contributed by atoms with E-state index >= 15 is 0 Å². The predicted octanol–water partition coefficient (Wildman–Crippen LogP) is 2.28. The molecule has 1 aliphatic heterocycles. The number of hydrogen-bond acceptors (Lipinski definition) is 2. The van der Waals surface area contributed by atoms with E-state index in [4.69, 9.17) is 11.6 Å². The molecule has 1 atom stereocenters. The third-order valence-corrected chi connectivity index (χ3v) is 3.37. The third-order valence-electron chi connectivity index (χ3n) is 3.12. The Bertz CT molecular complexity index is 624. The number of nitrogens with one attached hydrogen (secondary N) is 1. The summed E-state index contributed by atoms with van der Waals surface area (Å²) in [5.74, 6) is -0.275. The fourth-order valence-electron chi connectivity index (χ4n) is 2.21. The summed E-state index contributed by atoms with van der Waals surface area (Å²) in [7, 11) is 0. The highest BCUT2D eigenvalue weighted by atomic mass is 35.5. The first-order chi connectivity index (χ1) is 8.61. The molecule has 2 aromatic rings. The van der Waals surface area contributed by atoms with Crippen molar-refractivity contribution in [1.82, 2.24) is 5.32 Å². The van der Waals surface area contributed by atoms with Crippen LogP contribution in [-0.2, 0) is 5.72 Å². The molecule has 3 rings (SSSR count). The summed E-state index contributed by atoms with van der Waals surface area (Å²) in [6, 6.07) is 13.8. The van der Waals surface area contributed by atoms with Gasteiger partial charge in [-0.25, -0.2) is 0 Å². The molecule has 0 radical (unpaired) electrons. The number of aliphatic hydroxyl groups is 1. The molecule has 0 fully saturated rings. The van der Waals surface area contributed by atoms with Crippen LogP contribution in [0.4, 0.5) is 0 Å². The summed E-state index contributed by atoms with van der Waals surface area (Å²) in [6.07, 6.45) is 0. The normalized spacial score (nSPS) is 21.6. The van der Waals surface area contributed by atoms with Gasteiger partial charge in [0.15, 0.2) is 5.72 Å². The number of benzene rings is 2. The van der Waals surface area contributed by atoms with Crippen LogP contribution in [0.15, 0.2) is 48.5 Å². The van der Waals surface area contributed by atoms with Gasteiger partial charge in [-0.2, -0.15) is 0 Å². The first kappa shape index (κ1) is 11.3. The van der Waals surface area contributed by atoms with E-state index in [9.17, 15) is 9.90 Å². The minimum absolute atomic E-state index is 0.275. The maximum absolute atomic E-state index is 11.8. The van der Waals surface area contributed by atoms with E-state index in [1.807, 2.05) is 0 Å². The van der Waals surface area contributed by atoms with Crippen LogP contribution in [0.2, 0.25) is 5.02 Å². The minimum Gasteiger partial charge on any atom is -0.363 e. The van der Waals surface area contributed by atoms with Crippen molar-refractivity contribution in [2.75, 3.05) is 0 Å². The molecule has 0 saturated carbocycles. The monoisotopic (exact) mass is 259 g/mol. The summed E-state index contributed by atoms with van der Waals surface area (Å²) in [6.45, 7) is 0. The Morgan fingerprint density at radius 1 is 1.06 bits per heavy atom. The van der Waals surface area contributed by atoms with E-state index in [1.165, 1.54) is 0 Å². The standard InChI is InChI=1S/C14H10ClNO2/c15-10-7-5-9(6-8-10)14(18)12-4-2-1-3-11(12)13(17)16-14/h1-8,18H,(H,16,17)/t14-/m1/s1. The van der Waals surface area contributed by atoms with E-state index in [0.29, 0.717) is 21.7 Å². The van der Waals surface area contributed by atoms with Gasteiger partial charge in [-0.05, 0) is 18.2 Å². The molecule has 2 aromatic carbocycles. The maximum Gasteiger partial charge on any atom is 0.254 e. The van der Waals surface area contributed by atoms with Crippen molar-refractivity contribution in [3.63, 3.8) is 0 Å². The van der Waals surface area contributed by atoms with Gasteiger partial charge in [0.1, 0.15) is 0 Å². The molecule has 1 heterocycles. The SMILES string of the molecule is O=C1N[C@@](O)(c2ccc(Cl)cc2)c2ccccc21. The predicted molar refractivity (Wildman–Crippen MR) is 68.4 cm³/mol. The molecule has 0 unspecified atom stereocenters. The third kappa shape index (κ3) is 1.52. The van der Waals surface area contributed by atoms with E-state index in [-0.39, 0.29) is 5.91 Å². The smallest absolute Gasteiger partial charge is 0.254 e. The van der Waals surface area contributed by atoms with Gasteiger partial charge >= 0.3 is 0 Å². The van der Waals surface area contributed by atoms with Crippen LogP contribution in [0.5, 0.6) is 0 Å². The Morgan fingerprint density at radius 3 is 2.44 bits per heavy atom. The number of amides is 1. The lowest BCUT2D eigenvalue weighted by Gasteiger charge is -2.24. The highest BCUT2D eigenvalue weighted by Crippen LogP contribution is 2.34. The van der Waals surface area contributed by atoms with Crippen LogP contribution in [-0.4, -0.2) is 11.0 Å². The molecule has 4 heteroatoms. The van der Waals surface area contributed by atoms with E-state index in [1.54, 1.807) is 48.5 Å². The van der Waals surface area contributed by atoms with Crippen molar-refractivity contribution in [2.24, 2.45) is 0 Å². The largest absolute Gasteiger partial charge is 0.363 e. The van der Waals surface area contributed by atoms with E-state index in [2.05, 4.69) is 5.32 Å². The average Bonchev–Trinajstić information content (AvgIpc) is 2.64. The van der Waals surface area contributed by atoms with Crippen LogP contribution in [0.1, 0.15) is 21.5 Å². The van der Waals surface area contributed by atoms with Gasteiger partial charge in [0.05, 0.1) is 0 Å². The minimum atomic E-state index is -1.47. The number of carbonyl (C=O) groups is 1. The molecule has 2 N–H and O–H groups in total. The van der Waals surface area contributed by atoms with Gasteiger partial charge in [0.2, 0.25) is 0 Å². The Balaban J connectivity index is 2.17. The van der Waals surface area contributed by atoms with Crippen LogP contribution < -0.4 is 5.32 Å². The molecule has 1 aliphatic rings. The maximum atomic E-state index is 11.8. The number of halogens is 1. The second-order valence-corrected chi connectivity index (χ2v) is 4.65. The average molecular weight is 260 g/mol. The zero-order valence-electron chi connectivity index (χ0n) is 9.35. The van der Waals surface area contributed by atoms with Gasteiger partial charge in [0, 0.05) is 21.7 Å². The van der Waals surface area contributed by atoms with Gasteiger partial charge in [-0.15, -0.1) is 0 Å². The van der Waals surface area contributed by atoms with E-state index in [0.717, 1.165) is 0 Å². The van der Waals surface area contributed by atoms with Gasteiger partial charge in [0.25, 0.3) is 5.91 Å². The molecule has 18 heavy (non-hydrogen) atoms. The Labute approximate surface area is 109 Å². The van der Waals surface area contributed by atoms with Gasteiger partial charge < -0.3 is 10.4 Å². The summed E-state index contributed by atoms with van der Waals surface area (Å²) < 4.78 is 0. The molecule has 0 saturated heterocycles. The lowest BCUT2D eigenvalue weighted by Crippen LogP contribution is -2.40. The molecular formula is C14H10ClNO2. The molecular weight excluding hydrogens is 250 g/mol. The van der Waals surface area contributed by atoms with Crippen molar-refractivity contribution >= 4 is 17.5 Å². The lowest BCUT2D eigenvalue weighted by molar-refractivity contribution is 0.0476. The topological polar surface area (TPSA) is 49.3 Å². The van der Waals surface area contributed by atoms with Crippen molar-refractivity contribution in [2.45, 2.75) is 5.72 Å². The second-order valence-electron chi connectivity index (χ2n) is 4.22. The molecule has 0 bridgehead atoms. The van der Waals surface area contributed by atoms with Crippen molar-refractivity contribution < 1.29 is 9.90 Å². The molecule has 3 nitrogen and oxygen atoms in total. The first-order valence-corrected chi connectivity index (χ1v) is 5.89. The quantitative estimate of drug-likeness (QED) is 0.825.